The van der Waals surface area contributed by atoms with E-state index in [-0.39, 0.29) is 18.6 Å². The molecule has 2 aliphatic rings. The summed E-state index contributed by atoms with van der Waals surface area (Å²) in [6, 6.07) is 0.271. The molecule has 0 aromatic carbocycles. The standard InChI is InChI=1S/C13H21N6O12P3/c14-13-17-11(16-7-2-1-3-7)10-12(18-13)19(6-15-10)8-4-27-9(29-8)5-28-33(23,24)31-34(25,26)30-32(20,21)22/h6-9H,1-5H2,(H,23,24)(H,25,26)(H2,20,21,22)(H3,14,16,17,18). The lowest BCUT2D eigenvalue weighted by molar-refractivity contribution is -0.0961. The topological polar surface area (TPSA) is 260 Å². The number of nitrogens with zero attached hydrogens (tertiary/aromatic N) is 4. The van der Waals surface area contributed by atoms with E-state index in [1.807, 2.05) is 0 Å². The molecule has 1 aliphatic heterocycles. The summed E-state index contributed by atoms with van der Waals surface area (Å²) < 4.78 is 58.1. The smallest absolute Gasteiger partial charge is 0.368 e. The van der Waals surface area contributed by atoms with Gasteiger partial charge in [-0.3, -0.25) is 9.09 Å². The molecule has 0 bridgehead atoms. The number of aromatic nitrogens is 4. The van der Waals surface area contributed by atoms with E-state index in [4.69, 9.17) is 25.0 Å². The van der Waals surface area contributed by atoms with Gasteiger partial charge in [0.05, 0.1) is 12.9 Å². The lowest BCUT2D eigenvalue weighted by atomic mass is 9.93. The van der Waals surface area contributed by atoms with Crippen LogP contribution in [0, 0.1) is 0 Å². The van der Waals surface area contributed by atoms with Crippen molar-refractivity contribution in [3.8, 4) is 0 Å². The molecule has 4 rings (SSSR count). The Morgan fingerprint density at radius 2 is 1.88 bits per heavy atom. The van der Waals surface area contributed by atoms with Crippen LogP contribution in [0.15, 0.2) is 6.33 Å². The maximum absolute atomic E-state index is 11.8. The normalized spacial score (nSPS) is 25.1. The molecule has 2 fully saturated rings. The Bertz CT molecular complexity index is 1200. The zero-order chi connectivity index (χ0) is 24.7. The van der Waals surface area contributed by atoms with Crippen LogP contribution in [-0.2, 0) is 36.3 Å². The van der Waals surface area contributed by atoms with Gasteiger partial charge in [-0.1, -0.05) is 0 Å². The van der Waals surface area contributed by atoms with E-state index in [1.54, 1.807) is 0 Å². The molecule has 4 unspecified atom stereocenters. The molecule has 0 amide bonds. The molecule has 3 heterocycles. The Labute approximate surface area is 190 Å². The minimum atomic E-state index is -5.62. The fourth-order valence-electron chi connectivity index (χ4n) is 3.13. The molecule has 1 saturated heterocycles. The number of anilines is 2. The lowest BCUT2D eigenvalue weighted by Gasteiger charge is -2.26. The van der Waals surface area contributed by atoms with Crippen LogP contribution in [-0.4, -0.2) is 64.6 Å². The van der Waals surface area contributed by atoms with E-state index in [2.05, 4.69) is 33.4 Å². The predicted octanol–water partition coefficient (Wildman–Crippen LogP) is 0.588. The Balaban J connectivity index is 1.38. The number of nitrogen functional groups attached to an aromatic ring is 1. The van der Waals surface area contributed by atoms with Crippen LogP contribution in [0.5, 0.6) is 0 Å². The first-order valence-electron chi connectivity index (χ1n) is 9.62. The second-order valence-corrected chi connectivity index (χ2v) is 11.7. The first-order valence-corrected chi connectivity index (χ1v) is 14.1. The van der Waals surface area contributed by atoms with Crippen LogP contribution in [0.2, 0.25) is 0 Å². The van der Waals surface area contributed by atoms with Crippen LogP contribution >= 0.6 is 23.5 Å². The quantitative estimate of drug-likeness (QED) is 0.223. The van der Waals surface area contributed by atoms with Gasteiger partial charge in [0.15, 0.2) is 29.5 Å². The third kappa shape index (κ3) is 6.37. The van der Waals surface area contributed by atoms with E-state index in [9.17, 15) is 23.5 Å². The van der Waals surface area contributed by atoms with Gasteiger partial charge in [-0.15, -0.1) is 0 Å². The van der Waals surface area contributed by atoms with Crippen molar-refractivity contribution >= 4 is 46.4 Å². The first kappa shape index (κ1) is 25.6. The molecule has 1 aliphatic carbocycles. The summed E-state index contributed by atoms with van der Waals surface area (Å²) in [4.78, 5) is 48.5. The average molecular weight is 546 g/mol. The zero-order valence-corrected chi connectivity index (χ0v) is 19.8. The molecule has 190 valence electrons. The average Bonchev–Trinajstić information content (AvgIpc) is 3.26. The molecule has 7 N–H and O–H groups in total. The second kappa shape index (κ2) is 9.50. The Morgan fingerprint density at radius 3 is 2.53 bits per heavy atom. The van der Waals surface area contributed by atoms with Crippen LogP contribution in [0.25, 0.3) is 11.2 Å². The van der Waals surface area contributed by atoms with Gasteiger partial charge < -0.3 is 40.1 Å². The number of rotatable bonds is 10. The van der Waals surface area contributed by atoms with Gasteiger partial charge in [-0.2, -0.15) is 18.6 Å². The van der Waals surface area contributed by atoms with E-state index < -0.39 is 42.6 Å². The summed E-state index contributed by atoms with van der Waals surface area (Å²) >= 11 is 0. The molecular formula is C13H21N6O12P3. The molecule has 18 nitrogen and oxygen atoms in total. The maximum Gasteiger partial charge on any atom is 0.490 e. The zero-order valence-electron chi connectivity index (χ0n) is 17.1. The van der Waals surface area contributed by atoms with Gasteiger partial charge in [0.25, 0.3) is 0 Å². The summed E-state index contributed by atoms with van der Waals surface area (Å²) in [5.41, 5.74) is 6.65. The number of hydrogen-bond donors (Lipinski definition) is 6. The number of fused-ring (bicyclic) bond motifs is 1. The van der Waals surface area contributed by atoms with Crippen LogP contribution in [0.3, 0.4) is 0 Å². The third-order valence-corrected chi connectivity index (χ3v) is 8.52. The van der Waals surface area contributed by atoms with Crippen molar-refractivity contribution < 1.29 is 55.9 Å². The summed E-state index contributed by atoms with van der Waals surface area (Å²) in [6.07, 6.45) is 2.55. The van der Waals surface area contributed by atoms with Gasteiger partial charge in [-0.05, 0) is 19.3 Å². The molecule has 0 spiro atoms. The summed E-state index contributed by atoms with van der Waals surface area (Å²) in [7, 11) is -16.4. The molecule has 2 aromatic heterocycles. The van der Waals surface area contributed by atoms with E-state index in [0.717, 1.165) is 19.3 Å². The molecule has 4 atom stereocenters. The minimum Gasteiger partial charge on any atom is -0.368 e. The molecule has 1 saturated carbocycles. The monoisotopic (exact) mass is 546 g/mol. The molecular weight excluding hydrogens is 525 g/mol. The van der Waals surface area contributed by atoms with E-state index in [1.165, 1.54) is 10.9 Å². The lowest BCUT2D eigenvalue weighted by Crippen LogP contribution is -2.27. The highest BCUT2D eigenvalue weighted by atomic mass is 31.3. The third-order valence-electron chi connectivity index (χ3n) is 4.72. The van der Waals surface area contributed by atoms with Crippen LogP contribution in [0.4, 0.5) is 11.8 Å². The van der Waals surface area contributed by atoms with Crippen molar-refractivity contribution in [3.63, 3.8) is 0 Å². The van der Waals surface area contributed by atoms with Crippen molar-refractivity contribution in [1.82, 2.24) is 19.5 Å². The van der Waals surface area contributed by atoms with Gasteiger partial charge in [0.1, 0.15) is 6.61 Å². The number of imidazole rings is 1. The number of phosphoric acid groups is 3. The number of ether oxygens (including phenoxy) is 2. The summed E-state index contributed by atoms with van der Waals surface area (Å²) in [6.45, 7) is -0.802. The van der Waals surface area contributed by atoms with Crippen LogP contribution in [0.1, 0.15) is 25.5 Å². The second-order valence-electron chi connectivity index (χ2n) is 7.27. The molecule has 0 radical (unpaired) electrons. The van der Waals surface area contributed by atoms with E-state index in [0.29, 0.717) is 17.0 Å². The van der Waals surface area contributed by atoms with Gasteiger partial charge in [-0.25, -0.2) is 18.7 Å². The SMILES string of the molecule is Nc1nc(NC2CCC2)c2ncn(C3COC(COP(=O)(O)OP(=O)(O)OP(=O)(O)O)O3)c2n1. The highest BCUT2D eigenvalue weighted by Crippen LogP contribution is 2.66. The van der Waals surface area contributed by atoms with Gasteiger partial charge in [0, 0.05) is 6.04 Å². The maximum atomic E-state index is 11.8. The number of phosphoric ester groups is 1. The minimum absolute atomic E-state index is 0.0131. The highest BCUT2D eigenvalue weighted by molar-refractivity contribution is 7.66. The number of hydrogen-bond acceptors (Lipinski definition) is 13. The van der Waals surface area contributed by atoms with Crippen LogP contribution < -0.4 is 11.1 Å². The summed E-state index contributed by atoms with van der Waals surface area (Å²) in [5.74, 6) is 0.494. The number of nitrogens with one attached hydrogen (secondary N) is 1. The van der Waals surface area contributed by atoms with Crippen molar-refractivity contribution in [2.75, 3.05) is 24.3 Å². The van der Waals surface area contributed by atoms with E-state index >= 15 is 0 Å². The number of nitrogens with two attached hydrogens (primary N) is 1. The van der Waals surface area contributed by atoms with Gasteiger partial charge >= 0.3 is 23.5 Å². The van der Waals surface area contributed by atoms with Crippen molar-refractivity contribution in [2.45, 2.75) is 37.8 Å². The fourth-order valence-corrected chi connectivity index (χ4v) is 6.13. The predicted molar refractivity (Wildman–Crippen MR) is 111 cm³/mol. The first-order chi connectivity index (χ1) is 15.8. The summed E-state index contributed by atoms with van der Waals surface area (Å²) in [5, 5.41) is 3.27. The Kier molecular flexibility index (Phi) is 7.15. The Morgan fingerprint density at radius 1 is 1.15 bits per heavy atom. The Hall–Kier alpha value is -1.52. The van der Waals surface area contributed by atoms with Crippen molar-refractivity contribution in [3.05, 3.63) is 6.33 Å². The highest BCUT2D eigenvalue weighted by Gasteiger charge is 2.41. The largest absolute Gasteiger partial charge is 0.490 e. The molecule has 2 aromatic rings. The fraction of sp³-hybridized carbons (Fsp3) is 0.615. The van der Waals surface area contributed by atoms with Crippen molar-refractivity contribution in [2.24, 2.45) is 0 Å². The van der Waals surface area contributed by atoms with Gasteiger partial charge in [0.2, 0.25) is 5.95 Å². The van der Waals surface area contributed by atoms with Crippen molar-refractivity contribution in [1.29, 1.82) is 0 Å². The molecule has 21 heteroatoms. The molecule has 34 heavy (non-hydrogen) atoms.